The molecular weight excluding hydrogens is 274 g/mol. The number of aromatic nitrogens is 1. The van der Waals surface area contributed by atoms with E-state index in [4.69, 9.17) is 0 Å². The summed E-state index contributed by atoms with van der Waals surface area (Å²) >= 11 is 0. The van der Waals surface area contributed by atoms with E-state index in [2.05, 4.69) is 16.0 Å². The fourth-order valence-electron chi connectivity index (χ4n) is 2.37. The topological polar surface area (TPSA) is 53.5 Å². The number of unbranched alkanes of at least 4 members (excludes halogenated alkanes) is 1. The molecular formula is C14H23N3O2S. The maximum Gasteiger partial charge on any atom is 0.214 e. The first-order valence-electron chi connectivity index (χ1n) is 7.21. The fraction of sp³-hybridized carbons (Fsp3) is 0.643. The molecule has 1 saturated heterocycles. The van der Waals surface area contributed by atoms with Gasteiger partial charge in [-0.25, -0.2) is 8.42 Å². The lowest BCUT2D eigenvalue weighted by atomic mass is 10.2. The number of piperazine rings is 1. The highest BCUT2D eigenvalue weighted by Crippen LogP contribution is 2.12. The van der Waals surface area contributed by atoms with Crippen LogP contribution in [-0.4, -0.2) is 54.5 Å². The first-order valence-corrected chi connectivity index (χ1v) is 8.82. The molecule has 2 rings (SSSR count). The van der Waals surface area contributed by atoms with Gasteiger partial charge < -0.3 is 0 Å². The Labute approximate surface area is 121 Å². The van der Waals surface area contributed by atoms with Gasteiger partial charge in [0, 0.05) is 45.1 Å². The summed E-state index contributed by atoms with van der Waals surface area (Å²) in [5, 5.41) is 0. The van der Waals surface area contributed by atoms with E-state index in [1.54, 1.807) is 10.5 Å². The highest BCUT2D eigenvalue weighted by Gasteiger charge is 2.26. The molecule has 0 spiro atoms. The van der Waals surface area contributed by atoms with Gasteiger partial charge in [0.25, 0.3) is 0 Å². The monoisotopic (exact) mass is 297 g/mol. The molecule has 1 aliphatic rings. The summed E-state index contributed by atoms with van der Waals surface area (Å²) in [5.41, 5.74) is 1.18. The summed E-state index contributed by atoms with van der Waals surface area (Å²) in [6, 6.07) is 3.98. The van der Waals surface area contributed by atoms with Crippen LogP contribution in [0.4, 0.5) is 0 Å². The van der Waals surface area contributed by atoms with E-state index in [9.17, 15) is 8.42 Å². The van der Waals surface area contributed by atoms with E-state index >= 15 is 0 Å². The third-order valence-corrected chi connectivity index (χ3v) is 5.57. The molecule has 6 heteroatoms. The minimum absolute atomic E-state index is 0.284. The average Bonchev–Trinajstić information content (AvgIpc) is 2.47. The van der Waals surface area contributed by atoms with Gasteiger partial charge in [-0.1, -0.05) is 19.4 Å². The number of hydrogen-bond donors (Lipinski definition) is 0. The summed E-state index contributed by atoms with van der Waals surface area (Å²) in [6.45, 7) is 5.65. The van der Waals surface area contributed by atoms with Gasteiger partial charge in [0.05, 0.1) is 5.75 Å². The molecule has 1 fully saturated rings. The lowest BCUT2D eigenvalue weighted by Crippen LogP contribution is -2.48. The van der Waals surface area contributed by atoms with E-state index < -0.39 is 10.0 Å². The quantitative estimate of drug-likeness (QED) is 0.795. The Morgan fingerprint density at radius 3 is 2.60 bits per heavy atom. The molecule has 0 bridgehead atoms. The predicted octanol–water partition coefficient (Wildman–Crippen LogP) is 1.33. The summed E-state index contributed by atoms with van der Waals surface area (Å²) < 4.78 is 25.9. The Hall–Kier alpha value is -0.980. The van der Waals surface area contributed by atoms with Crippen molar-refractivity contribution in [2.45, 2.75) is 26.3 Å². The van der Waals surface area contributed by atoms with Crippen LogP contribution in [0.2, 0.25) is 0 Å². The fourth-order valence-corrected chi connectivity index (χ4v) is 4.00. The molecule has 0 N–H and O–H groups in total. The smallest absolute Gasteiger partial charge is 0.214 e. The Bertz CT molecular complexity index is 496. The second-order valence-electron chi connectivity index (χ2n) is 5.21. The number of sulfonamides is 1. The van der Waals surface area contributed by atoms with E-state index in [1.165, 1.54) is 5.56 Å². The number of rotatable bonds is 6. The van der Waals surface area contributed by atoms with Crippen LogP contribution in [0, 0.1) is 0 Å². The van der Waals surface area contributed by atoms with Crippen LogP contribution in [-0.2, 0) is 16.6 Å². The normalized spacial score (nSPS) is 18.2. The summed E-state index contributed by atoms with van der Waals surface area (Å²) in [4.78, 5) is 6.39. The zero-order valence-electron chi connectivity index (χ0n) is 12.0. The van der Waals surface area contributed by atoms with E-state index in [0.717, 1.165) is 32.5 Å². The molecule has 0 amide bonds. The molecule has 0 radical (unpaired) electrons. The van der Waals surface area contributed by atoms with Crippen molar-refractivity contribution < 1.29 is 8.42 Å². The first-order chi connectivity index (χ1) is 9.62. The van der Waals surface area contributed by atoms with Crippen LogP contribution in [0.15, 0.2) is 24.5 Å². The van der Waals surface area contributed by atoms with Crippen LogP contribution in [0.25, 0.3) is 0 Å². The van der Waals surface area contributed by atoms with Gasteiger partial charge in [-0.2, -0.15) is 4.31 Å². The van der Waals surface area contributed by atoms with Gasteiger partial charge >= 0.3 is 0 Å². The molecule has 0 atom stereocenters. The summed E-state index contributed by atoms with van der Waals surface area (Å²) in [5.74, 6) is 0.284. The van der Waals surface area contributed by atoms with Crippen LogP contribution in [0.5, 0.6) is 0 Å². The zero-order valence-corrected chi connectivity index (χ0v) is 12.8. The van der Waals surface area contributed by atoms with Crippen LogP contribution < -0.4 is 0 Å². The number of hydrogen-bond acceptors (Lipinski definition) is 4. The van der Waals surface area contributed by atoms with Crippen molar-refractivity contribution in [2.75, 3.05) is 31.9 Å². The van der Waals surface area contributed by atoms with Gasteiger partial charge in [0.2, 0.25) is 10.0 Å². The van der Waals surface area contributed by atoms with E-state index in [1.807, 2.05) is 19.2 Å². The number of nitrogens with zero attached hydrogens (tertiary/aromatic N) is 3. The van der Waals surface area contributed by atoms with Gasteiger partial charge in [-0.3, -0.25) is 9.88 Å². The molecule has 1 aromatic heterocycles. The second-order valence-corrected chi connectivity index (χ2v) is 7.29. The lowest BCUT2D eigenvalue weighted by Gasteiger charge is -2.33. The maximum absolute atomic E-state index is 12.1. The molecule has 0 aliphatic carbocycles. The lowest BCUT2D eigenvalue weighted by molar-refractivity contribution is 0.181. The van der Waals surface area contributed by atoms with E-state index in [-0.39, 0.29) is 5.75 Å². The molecule has 0 unspecified atom stereocenters. The van der Waals surface area contributed by atoms with Crippen LogP contribution >= 0.6 is 0 Å². The van der Waals surface area contributed by atoms with Gasteiger partial charge in [-0.15, -0.1) is 0 Å². The number of pyridine rings is 1. The highest BCUT2D eigenvalue weighted by molar-refractivity contribution is 7.89. The molecule has 1 aliphatic heterocycles. The molecule has 0 aromatic carbocycles. The average molecular weight is 297 g/mol. The Balaban J connectivity index is 1.83. The van der Waals surface area contributed by atoms with Gasteiger partial charge in [0.15, 0.2) is 0 Å². The minimum atomic E-state index is -3.05. The summed E-state index contributed by atoms with van der Waals surface area (Å²) in [6.07, 6.45) is 5.30. The summed E-state index contributed by atoms with van der Waals surface area (Å²) in [7, 11) is -3.05. The largest absolute Gasteiger partial charge is 0.296 e. The SMILES string of the molecule is CCCCS(=O)(=O)N1CCN(Cc2cccnc2)CC1. The van der Waals surface area contributed by atoms with Crippen molar-refractivity contribution >= 4 is 10.0 Å². The molecule has 20 heavy (non-hydrogen) atoms. The predicted molar refractivity (Wildman–Crippen MR) is 79.8 cm³/mol. The van der Waals surface area contributed by atoms with Crippen LogP contribution in [0.3, 0.4) is 0 Å². The maximum atomic E-state index is 12.1. The standard InChI is InChI=1S/C14H23N3O2S/c1-2-3-11-20(18,19)17-9-7-16(8-10-17)13-14-5-4-6-15-12-14/h4-6,12H,2-3,7-11,13H2,1H3. The van der Waals surface area contributed by atoms with Crippen molar-refractivity contribution in [2.24, 2.45) is 0 Å². The third-order valence-electron chi connectivity index (χ3n) is 3.61. The zero-order chi connectivity index (χ0) is 14.4. The van der Waals surface area contributed by atoms with Crippen molar-refractivity contribution in [3.63, 3.8) is 0 Å². The third kappa shape index (κ3) is 4.26. The van der Waals surface area contributed by atoms with Gasteiger partial charge in [0.1, 0.15) is 0 Å². The van der Waals surface area contributed by atoms with Crippen LogP contribution in [0.1, 0.15) is 25.3 Å². The van der Waals surface area contributed by atoms with Crippen molar-refractivity contribution in [1.29, 1.82) is 0 Å². The minimum Gasteiger partial charge on any atom is -0.296 e. The molecule has 5 nitrogen and oxygen atoms in total. The van der Waals surface area contributed by atoms with Gasteiger partial charge in [-0.05, 0) is 18.1 Å². The highest BCUT2D eigenvalue weighted by atomic mass is 32.2. The first kappa shape index (κ1) is 15.4. The molecule has 0 saturated carbocycles. The second kappa shape index (κ2) is 7.15. The Kier molecular flexibility index (Phi) is 5.51. The van der Waals surface area contributed by atoms with E-state index in [0.29, 0.717) is 13.1 Å². The van der Waals surface area contributed by atoms with Crippen molar-refractivity contribution in [3.8, 4) is 0 Å². The van der Waals surface area contributed by atoms with Crippen molar-refractivity contribution in [1.82, 2.24) is 14.2 Å². The molecule has 1 aromatic rings. The van der Waals surface area contributed by atoms with Crippen molar-refractivity contribution in [3.05, 3.63) is 30.1 Å². The molecule has 2 heterocycles. The Morgan fingerprint density at radius 2 is 2.00 bits per heavy atom. The molecule has 112 valence electrons. The Morgan fingerprint density at radius 1 is 1.25 bits per heavy atom.